The van der Waals surface area contributed by atoms with E-state index in [2.05, 4.69) is 25.3 Å². The third-order valence-corrected chi connectivity index (χ3v) is 6.79. The predicted molar refractivity (Wildman–Crippen MR) is 136 cm³/mol. The molecule has 1 unspecified atom stereocenters. The molecule has 1 atom stereocenters. The van der Waals surface area contributed by atoms with Gasteiger partial charge < -0.3 is 10.2 Å². The average Bonchev–Trinajstić information content (AvgIpc) is 3.22. The summed E-state index contributed by atoms with van der Waals surface area (Å²) in [4.78, 5) is 24.1. The normalized spacial score (nSPS) is 12.3. The molecule has 1 N–H and O–H groups in total. The first-order valence-electron chi connectivity index (χ1n) is 10.9. The van der Waals surface area contributed by atoms with E-state index in [1.807, 2.05) is 82.5 Å². The van der Waals surface area contributed by atoms with Crippen LogP contribution < -0.4 is 5.32 Å². The maximum Gasteiger partial charge on any atom is 0.253 e. The van der Waals surface area contributed by atoms with Crippen LogP contribution in [0.25, 0.3) is 5.78 Å². The third kappa shape index (κ3) is 5.41. The minimum absolute atomic E-state index is 0.0412. The Morgan fingerprint density at radius 1 is 1.12 bits per heavy atom. The predicted octanol–water partition coefficient (Wildman–Crippen LogP) is 4.72. The molecular formula is C25H27ClN6OS. The van der Waals surface area contributed by atoms with Gasteiger partial charge in [-0.25, -0.2) is 9.50 Å². The van der Waals surface area contributed by atoms with Crippen molar-refractivity contribution < 1.29 is 4.79 Å². The van der Waals surface area contributed by atoms with Crippen molar-refractivity contribution in [1.29, 1.82) is 0 Å². The highest BCUT2D eigenvalue weighted by Crippen LogP contribution is 2.26. The number of aromatic nitrogens is 4. The molecule has 4 aromatic rings. The molecule has 9 heteroatoms. The van der Waals surface area contributed by atoms with Gasteiger partial charge in [0, 0.05) is 34.3 Å². The van der Waals surface area contributed by atoms with Crippen LogP contribution in [0.1, 0.15) is 38.9 Å². The molecule has 0 fully saturated rings. The van der Waals surface area contributed by atoms with Crippen molar-refractivity contribution in [2.45, 2.75) is 30.8 Å². The van der Waals surface area contributed by atoms with Gasteiger partial charge >= 0.3 is 0 Å². The maximum absolute atomic E-state index is 13.1. The lowest BCUT2D eigenvalue weighted by Gasteiger charge is -2.26. The molecule has 34 heavy (non-hydrogen) atoms. The zero-order valence-corrected chi connectivity index (χ0v) is 21.2. The molecule has 0 saturated heterocycles. The number of hydrogen-bond acceptors (Lipinski definition) is 6. The highest BCUT2D eigenvalue weighted by atomic mass is 35.5. The Bertz CT molecular complexity index is 1320. The lowest BCUT2D eigenvalue weighted by atomic mass is 10.0. The van der Waals surface area contributed by atoms with E-state index in [0.29, 0.717) is 33.8 Å². The fourth-order valence-corrected chi connectivity index (χ4v) is 4.90. The van der Waals surface area contributed by atoms with Crippen LogP contribution in [-0.2, 0) is 5.75 Å². The van der Waals surface area contributed by atoms with Crippen molar-refractivity contribution in [1.82, 2.24) is 29.8 Å². The van der Waals surface area contributed by atoms with Crippen LogP contribution in [0.4, 0.5) is 0 Å². The summed E-state index contributed by atoms with van der Waals surface area (Å²) in [6.07, 6.45) is 0. The summed E-state index contributed by atoms with van der Waals surface area (Å²) < 4.78 is 1.74. The molecule has 0 aliphatic carbocycles. The minimum Gasteiger partial charge on any atom is -0.350 e. The van der Waals surface area contributed by atoms with E-state index in [-0.39, 0.29) is 11.9 Å². The smallest absolute Gasteiger partial charge is 0.253 e. The van der Waals surface area contributed by atoms with Crippen LogP contribution in [0.3, 0.4) is 0 Å². The molecule has 0 spiro atoms. The molecule has 0 aliphatic heterocycles. The van der Waals surface area contributed by atoms with E-state index < -0.39 is 0 Å². The summed E-state index contributed by atoms with van der Waals surface area (Å²) >= 11 is 7.89. The average molecular weight is 495 g/mol. The van der Waals surface area contributed by atoms with Gasteiger partial charge in [-0.1, -0.05) is 59.8 Å². The molecule has 2 aromatic heterocycles. The van der Waals surface area contributed by atoms with E-state index in [0.717, 1.165) is 22.5 Å². The number of likely N-dealkylation sites (N-methyl/N-ethyl adjacent to an activating group) is 1. The van der Waals surface area contributed by atoms with E-state index in [9.17, 15) is 4.79 Å². The Kier molecular flexibility index (Phi) is 7.50. The van der Waals surface area contributed by atoms with Gasteiger partial charge in [0.05, 0.1) is 6.04 Å². The second kappa shape index (κ2) is 10.5. The van der Waals surface area contributed by atoms with Crippen LogP contribution in [0.5, 0.6) is 0 Å². The zero-order chi connectivity index (χ0) is 24.2. The largest absolute Gasteiger partial charge is 0.350 e. The quantitative estimate of drug-likeness (QED) is 0.357. The summed E-state index contributed by atoms with van der Waals surface area (Å²) in [6, 6.07) is 17.3. The molecule has 7 nitrogen and oxygen atoms in total. The number of nitrogens with one attached hydrogen (secondary N) is 1. The number of halogens is 1. The first kappa shape index (κ1) is 24.2. The summed E-state index contributed by atoms with van der Waals surface area (Å²) in [5.74, 6) is 1.03. The number of thioether (sulfide) groups is 1. The Hall–Kier alpha value is -2.94. The molecular weight excluding hydrogens is 468 g/mol. The maximum atomic E-state index is 13.1. The minimum atomic E-state index is -0.119. The van der Waals surface area contributed by atoms with E-state index >= 15 is 0 Å². The second-order valence-corrected chi connectivity index (χ2v) is 9.65. The van der Waals surface area contributed by atoms with E-state index in [4.69, 9.17) is 11.6 Å². The standard InChI is InChI=1S/C25H27ClN6OS/c1-16-13-17(2)32-24(28-16)29-25(30-32)34-15-18-9-5-6-10-19(18)23(33)27-14-22(31(3)4)20-11-7-8-12-21(20)26/h5-13,22H,14-15H2,1-4H3,(H,27,33). The zero-order valence-electron chi connectivity index (χ0n) is 19.6. The van der Waals surface area contributed by atoms with Crippen molar-refractivity contribution in [2.75, 3.05) is 20.6 Å². The number of hydrogen-bond donors (Lipinski definition) is 1. The number of fused-ring (bicyclic) bond motifs is 1. The number of carbonyl (C=O) groups excluding carboxylic acids is 1. The van der Waals surface area contributed by atoms with Crippen LogP contribution in [-0.4, -0.2) is 51.0 Å². The van der Waals surface area contributed by atoms with Gasteiger partial charge in [-0.2, -0.15) is 4.98 Å². The number of aryl methyl sites for hydroxylation is 2. The number of carbonyl (C=O) groups is 1. The van der Waals surface area contributed by atoms with Crippen LogP contribution in [0.2, 0.25) is 5.02 Å². The van der Waals surface area contributed by atoms with Gasteiger partial charge in [-0.05, 0) is 57.3 Å². The molecule has 0 radical (unpaired) electrons. The van der Waals surface area contributed by atoms with Crippen molar-refractivity contribution in [3.05, 3.63) is 87.7 Å². The van der Waals surface area contributed by atoms with Gasteiger partial charge in [0.2, 0.25) is 5.16 Å². The van der Waals surface area contributed by atoms with Gasteiger partial charge in [0.15, 0.2) is 0 Å². The van der Waals surface area contributed by atoms with E-state index in [1.54, 1.807) is 4.52 Å². The fourth-order valence-electron chi connectivity index (χ4n) is 3.82. The monoisotopic (exact) mass is 494 g/mol. The summed E-state index contributed by atoms with van der Waals surface area (Å²) in [5, 5.41) is 8.95. The highest BCUT2D eigenvalue weighted by molar-refractivity contribution is 7.98. The van der Waals surface area contributed by atoms with Crippen molar-refractivity contribution in [2.24, 2.45) is 0 Å². The van der Waals surface area contributed by atoms with Gasteiger partial charge in [0.25, 0.3) is 11.7 Å². The number of benzene rings is 2. The Morgan fingerprint density at radius 2 is 1.85 bits per heavy atom. The Labute approximate surface area is 208 Å². The van der Waals surface area contributed by atoms with Crippen LogP contribution in [0.15, 0.2) is 59.8 Å². The first-order valence-corrected chi connectivity index (χ1v) is 12.3. The molecule has 0 aliphatic rings. The van der Waals surface area contributed by atoms with Crippen LogP contribution in [0, 0.1) is 13.8 Å². The first-order chi connectivity index (χ1) is 16.3. The molecule has 0 saturated carbocycles. The van der Waals surface area contributed by atoms with E-state index in [1.165, 1.54) is 11.8 Å². The molecule has 0 bridgehead atoms. The van der Waals surface area contributed by atoms with Crippen LogP contribution >= 0.6 is 23.4 Å². The molecule has 176 valence electrons. The van der Waals surface area contributed by atoms with Crippen molar-refractivity contribution in [3.8, 4) is 0 Å². The highest BCUT2D eigenvalue weighted by Gasteiger charge is 2.19. The molecule has 1 amide bonds. The third-order valence-electron chi connectivity index (χ3n) is 5.56. The topological polar surface area (TPSA) is 75.4 Å². The Morgan fingerprint density at radius 3 is 2.62 bits per heavy atom. The number of rotatable bonds is 8. The fraction of sp³-hybridized carbons (Fsp3) is 0.280. The molecule has 2 heterocycles. The van der Waals surface area contributed by atoms with Gasteiger partial charge in [0.1, 0.15) is 0 Å². The molecule has 4 rings (SSSR count). The lowest BCUT2D eigenvalue weighted by Crippen LogP contribution is -2.35. The molecule has 2 aromatic carbocycles. The number of amides is 1. The summed E-state index contributed by atoms with van der Waals surface area (Å²) in [7, 11) is 3.95. The summed E-state index contributed by atoms with van der Waals surface area (Å²) in [6.45, 7) is 4.36. The second-order valence-electron chi connectivity index (χ2n) is 8.30. The van der Waals surface area contributed by atoms with Gasteiger partial charge in [-0.15, -0.1) is 5.10 Å². The van der Waals surface area contributed by atoms with Crippen molar-refractivity contribution in [3.63, 3.8) is 0 Å². The SMILES string of the molecule is Cc1cc(C)n2nc(SCc3ccccc3C(=O)NCC(c3ccccc3Cl)N(C)C)nc2n1. The lowest BCUT2D eigenvalue weighted by molar-refractivity contribution is 0.0941. The van der Waals surface area contributed by atoms with Crippen molar-refractivity contribution >= 4 is 35.0 Å². The van der Waals surface area contributed by atoms with Gasteiger partial charge in [-0.3, -0.25) is 4.79 Å². The Balaban J connectivity index is 1.47. The number of nitrogens with zero attached hydrogens (tertiary/aromatic N) is 5. The summed E-state index contributed by atoms with van der Waals surface area (Å²) in [5.41, 5.74) is 4.43.